The van der Waals surface area contributed by atoms with Gasteiger partial charge in [0, 0.05) is 12.4 Å². The molecule has 9 heteroatoms. The number of hydrogen-bond acceptors (Lipinski definition) is 4. The maximum absolute atomic E-state index is 12.7. The Morgan fingerprint density at radius 1 is 1.14 bits per heavy atom. The summed E-state index contributed by atoms with van der Waals surface area (Å²) < 4.78 is 44.4. The lowest BCUT2D eigenvalue weighted by molar-refractivity contribution is -0.137. The van der Waals surface area contributed by atoms with Crippen LogP contribution in [0.4, 0.5) is 13.2 Å². The summed E-state index contributed by atoms with van der Waals surface area (Å²) in [5.74, 6) is -0.464. The van der Waals surface area contributed by atoms with Crippen LogP contribution in [0.25, 0.3) is 10.8 Å². The van der Waals surface area contributed by atoms with Crippen molar-refractivity contribution in [1.29, 1.82) is 0 Å². The predicted molar refractivity (Wildman–Crippen MR) is 96.3 cm³/mol. The molecule has 0 saturated heterocycles. The summed E-state index contributed by atoms with van der Waals surface area (Å²) in [5, 5.41) is 7.38. The third-order valence-corrected chi connectivity index (χ3v) is 3.99. The van der Waals surface area contributed by atoms with Crippen LogP contribution in [0.15, 0.2) is 53.3 Å². The number of fused-ring (bicyclic) bond motifs is 1. The van der Waals surface area contributed by atoms with Crippen LogP contribution in [0, 0.1) is 0 Å². The number of aromatic nitrogens is 2. The minimum atomic E-state index is -4.45. The van der Waals surface area contributed by atoms with Crippen molar-refractivity contribution >= 4 is 16.7 Å². The molecule has 0 fully saturated rings. The fourth-order valence-corrected chi connectivity index (χ4v) is 2.65. The number of amides is 1. The first-order valence-electron chi connectivity index (χ1n) is 8.31. The van der Waals surface area contributed by atoms with Crippen molar-refractivity contribution in [3.8, 4) is 5.75 Å². The molecule has 6 nitrogen and oxygen atoms in total. The Morgan fingerprint density at radius 3 is 2.57 bits per heavy atom. The van der Waals surface area contributed by atoms with Crippen LogP contribution in [-0.2, 0) is 13.2 Å². The van der Waals surface area contributed by atoms with Crippen molar-refractivity contribution in [1.82, 2.24) is 15.1 Å². The van der Waals surface area contributed by atoms with E-state index in [2.05, 4.69) is 10.4 Å². The molecule has 0 aliphatic heterocycles. The van der Waals surface area contributed by atoms with Gasteiger partial charge in [-0.15, -0.1) is 0 Å². The van der Waals surface area contributed by atoms with Gasteiger partial charge in [-0.3, -0.25) is 9.59 Å². The third kappa shape index (κ3) is 4.13. The van der Waals surface area contributed by atoms with Gasteiger partial charge in [-0.2, -0.15) is 18.3 Å². The van der Waals surface area contributed by atoms with Crippen molar-refractivity contribution in [2.75, 3.05) is 13.2 Å². The van der Waals surface area contributed by atoms with Crippen molar-refractivity contribution in [3.63, 3.8) is 0 Å². The summed E-state index contributed by atoms with van der Waals surface area (Å²) in [6, 6.07) is 11.1. The van der Waals surface area contributed by atoms with Gasteiger partial charge in [0.1, 0.15) is 12.4 Å². The van der Waals surface area contributed by atoms with E-state index >= 15 is 0 Å². The average Bonchev–Trinajstić information content (AvgIpc) is 2.67. The Hall–Kier alpha value is -3.36. The maximum Gasteiger partial charge on any atom is 0.416 e. The van der Waals surface area contributed by atoms with E-state index in [0.29, 0.717) is 10.8 Å². The zero-order chi connectivity index (χ0) is 20.3. The first-order chi connectivity index (χ1) is 13.3. The van der Waals surface area contributed by atoms with Gasteiger partial charge in [0.25, 0.3) is 11.5 Å². The van der Waals surface area contributed by atoms with Crippen LogP contribution in [0.3, 0.4) is 0 Å². The topological polar surface area (TPSA) is 73.2 Å². The second-order valence-electron chi connectivity index (χ2n) is 5.95. The Bertz CT molecular complexity index is 1080. The van der Waals surface area contributed by atoms with Crippen molar-refractivity contribution in [2.45, 2.75) is 6.18 Å². The molecule has 3 rings (SSSR count). The number of hydrogen-bond donors (Lipinski definition) is 1. The average molecular weight is 391 g/mol. The lowest BCUT2D eigenvalue weighted by atomic mass is 10.1. The van der Waals surface area contributed by atoms with Gasteiger partial charge < -0.3 is 10.1 Å². The Morgan fingerprint density at radius 2 is 1.86 bits per heavy atom. The number of alkyl halides is 3. The fourth-order valence-electron chi connectivity index (χ4n) is 2.65. The molecule has 0 saturated carbocycles. The molecule has 0 bridgehead atoms. The molecule has 1 aromatic heterocycles. The zero-order valence-corrected chi connectivity index (χ0v) is 14.8. The van der Waals surface area contributed by atoms with E-state index in [1.54, 1.807) is 24.3 Å². The van der Waals surface area contributed by atoms with E-state index in [1.807, 2.05) is 0 Å². The summed E-state index contributed by atoms with van der Waals surface area (Å²) in [6.45, 7) is 0.0185. The molecule has 146 valence electrons. The molecule has 0 spiro atoms. The van der Waals surface area contributed by atoms with Gasteiger partial charge in [0.2, 0.25) is 0 Å². The van der Waals surface area contributed by atoms with Crippen LogP contribution < -0.4 is 15.6 Å². The van der Waals surface area contributed by atoms with Crippen LogP contribution >= 0.6 is 0 Å². The number of carbonyl (C=O) groups is 1. The highest BCUT2D eigenvalue weighted by atomic mass is 19.4. The Balaban J connectivity index is 1.65. The molecule has 1 N–H and O–H groups in total. The van der Waals surface area contributed by atoms with Gasteiger partial charge >= 0.3 is 6.18 Å². The first-order valence-corrected chi connectivity index (χ1v) is 8.31. The van der Waals surface area contributed by atoms with E-state index in [9.17, 15) is 22.8 Å². The van der Waals surface area contributed by atoms with Crippen molar-refractivity contribution in [2.24, 2.45) is 7.05 Å². The van der Waals surface area contributed by atoms with E-state index in [1.165, 1.54) is 19.2 Å². The minimum Gasteiger partial charge on any atom is -0.492 e. The number of nitrogens with zero attached hydrogens (tertiary/aromatic N) is 2. The van der Waals surface area contributed by atoms with Crippen LogP contribution in [0.2, 0.25) is 0 Å². The van der Waals surface area contributed by atoms with Crippen LogP contribution in [0.1, 0.15) is 16.1 Å². The van der Waals surface area contributed by atoms with Crippen LogP contribution in [0.5, 0.6) is 5.75 Å². The molecular weight excluding hydrogens is 375 g/mol. The normalized spacial score (nSPS) is 11.4. The number of carbonyl (C=O) groups excluding carboxylic acids is 1. The second kappa shape index (κ2) is 7.71. The lowest BCUT2D eigenvalue weighted by Gasteiger charge is -2.11. The van der Waals surface area contributed by atoms with Crippen LogP contribution in [-0.4, -0.2) is 28.8 Å². The minimum absolute atomic E-state index is 0.0310. The van der Waals surface area contributed by atoms with Gasteiger partial charge in [-0.25, -0.2) is 4.68 Å². The SMILES string of the molecule is Cn1nc(C(=O)NCCOc2cccc(C(F)(F)F)c2)c2ccccc2c1=O. The molecule has 0 radical (unpaired) electrons. The molecule has 0 aliphatic rings. The second-order valence-corrected chi connectivity index (χ2v) is 5.95. The fraction of sp³-hybridized carbons (Fsp3) is 0.211. The van der Waals surface area contributed by atoms with E-state index in [0.717, 1.165) is 16.8 Å². The highest BCUT2D eigenvalue weighted by Gasteiger charge is 2.30. The summed E-state index contributed by atoms with van der Waals surface area (Å²) in [6.07, 6.45) is -4.45. The molecule has 2 aromatic carbocycles. The summed E-state index contributed by atoms with van der Waals surface area (Å²) in [4.78, 5) is 24.5. The van der Waals surface area contributed by atoms with E-state index < -0.39 is 17.6 Å². The lowest BCUT2D eigenvalue weighted by Crippen LogP contribution is -2.32. The van der Waals surface area contributed by atoms with Crippen molar-refractivity contribution in [3.05, 3.63) is 70.1 Å². The van der Waals surface area contributed by atoms with Crippen molar-refractivity contribution < 1.29 is 22.7 Å². The van der Waals surface area contributed by atoms with Gasteiger partial charge in [-0.1, -0.05) is 24.3 Å². The molecule has 0 unspecified atom stereocenters. The number of aryl methyl sites for hydroxylation is 1. The maximum atomic E-state index is 12.7. The van der Waals surface area contributed by atoms with E-state index in [-0.39, 0.29) is 30.2 Å². The molecule has 28 heavy (non-hydrogen) atoms. The number of benzene rings is 2. The summed E-state index contributed by atoms with van der Waals surface area (Å²) >= 11 is 0. The van der Waals surface area contributed by atoms with Gasteiger partial charge in [-0.05, 0) is 24.3 Å². The smallest absolute Gasteiger partial charge is 0.416 e. The molecule has 0 atom stereocenters. The predicted octanol–water partition coefficient (Wildman–Crippen LogP) is 2.76. The number of ether oxygens (including phenoxy) is 1. The summed E-state index contributed by atoms with van der Waals surface area (Å²) in [5.41, 5.74) is -1.05. The molecule has 1 amide bonds. The van der Waals surface area contributed by atoms with Gasteiger partial charge in [0.15, 0.2) is 5.69 Å². The van der Waals surface area contributed by atoms with E-state index in [4.69, 9.17) is 4.74 Å². The number of halogens is 3. The quantitative estimate of drug-likeness (QED) is 0.679. The Kier molecular flexibility index (Phi) is 5.34. The number of nitrogens with one attached hydrogen (secondary N) is 1. The van der Waals surface area contributed by atoms with Gasteiger partial charge in [0.05, 0.1) is 17.5 Å². The highest BCUT2D eigenvalue weighted by Crippen LogP contribution is 2.31. The first kappa shape index (κ1) is 19.4. The molecule has 3 aromatic rings. The molecule has 0 aliphatic carbocycles. The summed E-state index contributed by atoms with van der Waals surface area (Å²) in [7, 11) is 1.45. The monoisotopic (exact) mass is 391 g/mol. The third-order valence-electron chi connectivity index (χ3n) is 3.99. The molecule has 1 heterocycles. The highest BCUT2D eigenvalue weighted by molar-refractivity contribution is 6.04. The number of rotatable bonds is 5. The molecular formula is C19H16F3N3O3. The standard InChI is InChI=1S/C19H16F3N3O3/c1-25-18(27)15-8-3-2-7-14(15)16(24-25)17(26)23-9-10-28-13-6-4-5-12(11-13)19(20,21)22/h2-8,11H,9-10H2,1H3,(H,23,26). The Labute approximate surface area is 157 Å². The zero-order valence-electron chi connectivity index (χ0n) is 14.8. The largest absolute Gasteiger partial charge is 0.492 e.